The van der Waals surface area contributed by atoms with Gasteiger partial charge in [0.1, 0.15) is 0 Å². The standard InChI is InChI=1S/C51H31N5S/c1-3-15-32(16-4-1)49-52-50(33-17-5-2-6-18-33)54-51(53-49)56-44-27-11-8-22-38(44)41-30-29-40-37-21-7-10-26-43(37)55(46(40)47(41)56)35-20-13-19-34(31-35)36-24-14-25-42-39-23-9-12-28-45(39)57-48(36)42/h1-31H. The zero-order valence-corrected chi connectivity index (χ0v) is 31.4. The highest BCUT2D eigenvalue weighted by Gasteiger charge is 2.24. The second-order valence-electron chi connectivity index (χ2n) is 14.4. The van der Waals surface area contributed by atoms with E-state index in [4.69, 9.17) is 15.0 Å². The molecule has 4 heterocycles. The average molecular weight is 746 g/mol. The summed E-state index contributed by atoms with van der Waals surface area (Å²) < 4.78 is 7.30. The Hall–Kier alpha value is -7.41. The van der Waals surface area contributed by atoms with Crippen LogP contribution in [0.25, 0.3) is 109 Å². The number of thiophene rings is 1. The lowest BCUT2D eigenvalue weighted by atomic mass is 10.0. The van der Waals surface area contributed by atoms with Crippen molar-refractivity contribution in [1.29, 1.82) is 0 Å². The molecule has 0 spiro atoms. The van der Waals surface area contributed by atoms with Gasteiger partial charge in [0.15, 0.2) is 11.6 Å². The molecular weight excluding hydrogens is 715 g/mol. The number of fused-ring (bicyclic) bond motifs is 10. The van der Waals surface area contributed by atoms with Gasteiger partial charge >= 0.3 is 0 Å². The molecule has 4 aromatic heterocycles. The zero-order chi connectivity index (χ0) is 37.5. The number of benzene rings is 8. The van der Waals surface area contributed by atoms with E-state index < -0.39 is 0 Å². The highest BCUT2D eigenvalue weighted by molar-refractivity contribution is 7.26. The fourth-order valence-electron chi connectivity index (χ4n) is 8.66. The summed E-state index contributed by atoms with van der Waals surface area (Å²) in [7, 11) is 0. The van der Waals surface area contributed by atoms with Crippen molar-refractivity contribution in [2.45, 2.75) is 0 Å². The molecular formula is C51H31N5S. The maximum absolute atomic E-state index is 5.27. The van der Waals surface area contributed by atoms with Gasteiger partial charge in [-0.1, -0.05) is 158 Å². The molecule has 12 rings (SSSR count). The molecule has 12 aromatic rings. The van der Waals surface area contributed by atoms with Gasteiger partial charge < -0.3 is 4.57 Å². The number of rotatable bonds is 5. The minimum Gasteiger partial charge on any atom is -0.307 e. The highest BCUT2D eigenvalue weighted by Crippen LogP contribution is 2.43. The van der Waals surface area contributed by atoms with Gasteiger partial charge in [-0.3, -0.25) is 4.57 Å². The van der Waals surface area contributed by atoms with Crippen molar-refractivity contribution in [1.82, 2.24) is 24.1 Å². The van der Waals surface area contributed by atoms with Crippen LogP contribution in [0.2, 0.25) is 0 Å². The predicted octanol–water partition coefficient (Wildman–Crippen LogP) is 13.4. The van der Waals surface area contributed by atoms with E-state index in [1.54, 1.807) is 0 Å². The van der Waals surface area contributed by atoms with Gasteiger partial charge in [-0.2, -0.15) is 9.97 Å². The van der Waals surface area contributed by atoms with Gasteiger partial charge in [-0.15, -0.1) is 11.3 Å². The predicted molar refractivity (Wildman–Crippen MR) is 238 cm³/mol. The molecule has 0 saturated heterocycles. The molecule has 0 saturated carbocycles. The van der Waals surface area contributed by atoms with E-state index in [2.05, 4.69) is 161 Å². The van der Waals surface area contributed by atoms with Gasteiger partial charge in [-0.25, -0.2) is 4.98 Å². The van der Waals surface area contributed by atoms with Gasteiger partial charge in [0, 0.05) is 58.5 Å². The Labute approximate surface area is 331 Å². The van der Waals surface area contributed by atoms with Crippen LogP contribution in [0.1, 0.15) is 0 Å². The summed E-state index contributed by atoms with van der Waals surface area (Å²) in [6, 6.07) is 66.7. The van der Waals surface area contributed by atoms with Crippen LogP contribution >= 0.6 is 11.3 Å². The molecule has 266 valence electrons. The normalized spacial score (nSPS) is 11.9. The molecule has 0 aliphatic rings. The van der Waals surface area contributed by atoms with Crippen molar-refractivity contribution >= 4 is 75.1 Å². The lowest BCUT2D eigenvalue weighted by Gasteiger charge is -2.14. The summed E-state index contributed by atoms with van der Waals surface area (Å²) >= 11 is 1.87. The smallest absolute Gasteiger partial charge is 0.238 e. The monoisotopic (exact) mass is 745 g/mol. The van der Waals surface area contributed by atoms with E-state index in [1.807, 2.05) is 47.7 Å². The van der Waals surface area contributed by atoms with Crippen molar-refractivity contribution in [3.8, 4) is 45.5 Å². The summed E-state index contributed by atoms with van der Waals surface area (Å²) in [6.07, 6.45) is 0. The maximum atomic E-state index is 5.27. The van der Waals surface area contributed by atoms with Crippen LogP contribution in [0, 0.1) is 0 Å². The average Bonchev–Trinajstić information content (AvgIpc) is 3.95. The number of aromatic nitrogens is 5. The Bertz CT molecular complexity index is 3470. The van der Waals surface area contributed by atoms with Crippen molar-refractivity contribution < 1.29 is 0 Å². The van der Waals surface area contributed by atoms with Crippen LogP contribution in [-0.4, -0.2) is 24.1 Å². The molecule has 0 amide bonds. The Balaban J connectivity index is 1.18. The molecule has 0 N–H and O–H groups in total. The molecule has 8 aromatic carbocycles. The van der Waals surface area contributed by atoms with E-state index in [0.29, 0.717) is 17.6 Å². The molecule has 0 aliphatic carbocycles. The zero-order valence-electron chi connectivity index (χ0n) is 30.5. The summed E-state index contributed by atoms with van der Waals surface area (Å²) in [5.74, 6) is 1.82. The second-order valence-corrected chi connectivity index (χ2v) is 15.5. The highest BCUT2D eigenvalue weighted by atomic mass is 32.1. The first-order valence-corrected chi connectivity index (χ1v) is 19.9. The molecule has 57 heavy (non-hydrogen) atoms. The Kier molecular flexibility index (Phi) is 7.03. The maximum Gasteiger partial charge on any atom is 0.238 e. The molecule has 0 fully saturated rings. The van der Waals surface area contributed by atoms with Gasteiger partial charge in [0.05, 0.1) is 22.1 Å². The minimum atomic E-state index is 0.573. The number of hydrogen-bond acceptors (Lipinski definition) is 4. The van der Waals surface area contributed by atoms with Crippen LogP contribution in [0.4, 0.5) is 0 Å². The summed E-state index contributed by atoms with van der Waals surface area (Å²) in [6.45, 7) is 0. The summed E-state index contributed by atoms with van der Waals surface area (Å²) in [5, 5.41) is 7.23. The van der Waals surface area contributed by atoms with Gasteiger partial charge in [0.2, 0.25) is 5.95 Å². The molecule has 0 radical (unpaired) electrons. The molecule has 5 nitrogen and oxygen atoms in total. The van der Waals surface area contributed by atoms with Crippen LogP contribution in [0.5, 0.6) is 0 Å². The van der Waals surface area contributed by atoms with E-state index in [1.165, 1.54) is 42.1 Å². The number of nitrogens with zero attached hydrogens (tertiary/aromatic N) is 5. The summed E-state index contributed by atoms with van der Waals surface area (Å²) in [5.41, 5.74) is 9.70. The minimum absolute atomic E-state index is 0.573. The lowest BCUT2D eigenvalue weighted by molar-refractivity contribution is 0.953. The fraction of sp³-hybridized carbons (Fsp3) is 0. The van der Waals surface area contributed by atoms with Crippen molar-refractivity contribution in [2.75, 3.05) is 0 Å². The van der Waals surface area contributed by atoms with Crippen LogP contribution in [-0.2, 0) is 0 Å². The molecule has 0 unspecified atom stereocenters. The first kappa shape index (κ1) is 31.9. The molecule has 0 aliphatic heterocycles. The van der Waals surface area contributed by atoms with E-state index >= 15 is 0 Å². The van der Waals surface area contributed by atoms with Crippen LogP contribution in [0.15, 0.2) is 188 Å². The topological polar surface area (TPSA) is 48.5 Å². The van der Waals surface area contributed by atoms with E-state index in [9.17, 15) is 0 Å². The van der Waals surface area contributed by atoms with E-state index in [-0.39, 0.29) is 0 Å². The lowest BCUT2D eigenvalue weighted by Crippen LogP contribution is -2.07. The largest absolute Gasteiger partial charge is 0.307 e. The third-order valence-electron chi connectivity index (χ3n) is 11.2. The first-order valence-electron chi connectivity index (χ1n) is 19.1. The quantitative estimate of drug-likeness (QED) is 0.176. The first-order chi connectivity index (χ1) is 28.3. The molecule has 0 bridgehead atoms. The fourth-order valence-corrected chi connectivity index (χ4v) is 9.90. The van der Waals surface area contributed by atoms with Gasteiger partial charge in [-0.05, 0) is 41.5 Å². The second kappa shape index (κ2) is 12.6. The Morgan fingerprint density at radius 2 is 0.895 bits per heavy atom. The van der Waals surface area contributed by atoms with E-state index in [0.717, 1.165) is 49.7 Å². The van der Waals surface area contributed by atoms with Crippen LogP contribution in [0.3, 0.4) is 0 Å². The van der Waals surface area contributed by atoms with Crippen molar-refractivity contribution in [3.05, 3.63) is 188 Å². The summed E-state index contributed by atoms with van der Waals surface area (Å²) in [4.78, 5) is 15.6. The van der Waals surface area contributed by atoms with Crippen molar-refractivity contribution in [2.24, 2.45) is 0 Å². The third-order valence-corrected chi connectivity index (χ3v) is 12.4. The SMILES string of the molecule is c1ccc(-c2nc(-c3ccccc3)nc(-n3c4ccccc4c4ccc5c6ccccc6n(-c6cccc(-c7cccc8c7sc7ccccc78)c6)c5c43)n2)cc1. The third kappa shape index (κ3) is 4.91. The van der Waals surface area contributed by atoms with Crippen LogP contribution < -0.4 is 0 Å². The van der Waals surface area contributed by atoms with Crippen molar-refractivity contribution in [3.63, 3.8) is 0 Å². The Morgan fingerprint density at radius 1 is 0.368 bits per heavy atom. The number of hydrogen-bond donors (Lipinski definition) is 0. The number of para-hydroxylation sites is 2. The Morgan fingerprint density at radius 3 is 1.58 bits per heavy atom. The molecule has 6 heteroatoms. The molecule has 0 atom stereocenters. The van der Waals surface area contributed by atoms with Gasteiger partial charge in [0.25, 0.3) is 0 Å².